The van der Waals surface area contributed by atoms with E-state index in [2.05, 4.69) is 12.0 Å². The van der Waals surface area contributed by atoms with Crippen molar-refractivity contribution in [2.75, 3.05) is 13.2 Å². The molecule has 2 aromatic rings. The van der Waals surface area contributed by atoms with Crippen LogP contribution in [0.2, 0.25) is 0 Å². The lowest BCUT2D eigenvalue weighted by Crippen LogP contribution is -2.45. The highest BCUT2D eigenvalue weighted by atomic mass is 16.5. The minimum absolute atomic E-state index is 0.0978. The first kappa shape index (κ1) is 17.3. The molecule has 0 saturated carbocycles. The van der Waals surface area contributed by atoms with Gasteiger partial charge < -0.3 is 14.1 Å². The number of likely N-dealkylation sites (tertiary alicyclic amines) is 1. The smallest absolute Gasteiger partial charge is 0.374 e. The normalized spacial score (nSPS) is 17.5. The summed E-state index contributed by atoms with van der Waals surface area (Å²) in [5, 5.41) is 4.08. The minimum Gasteiger partial charge on any atom is -0.452 e. The standard InChI is InChI=1S/C18H23N3O4/c1-2-14-6-3-4-11-21(14)17(22)13-24-18(23)16-8-7-15(25-16)12-20-10-5-9-19-20/h5,7-10,14H,2-4,6,11-13H2,1H3. The highest BCUT2D eigenvalue weighted by molar-refractivity contribution is 5.89. The Kier molecular flexibility index (Phi) is 5.53. The molecule has 0 bridgehead atoms. The van der Waals surface area contributed by atoms with Crippen molar-refractivity contribution in [3.8, 4) is 0 Å². The third-order valence-electron chi connectivity index (χ3n) is 4.49. The van der Waals surface area contributed by atoms with Gasteiger partial charge in [0.15, 0.2) is 6.61 Å². The van der Waals surface area contributed by atoms with E-state index >= 15 is 0 Å². The van der Waals surface area contributed by atoms with E-state index in [1.807, 2.05) is 17.2 Å². The molecule has 25 heavy (non-hydrogen) atoms. The molecule has 0 aromatic carbocycles. The summed E-state index contributed by atoms with van der Waals surface area (Å²) in [5.41, 5.74) is 0. The molecule has 0 aliphatic carbocycles. The van der Waals surface area contributed by atoms with E-state index in [1.54, 1.807) is 23.0 Å². The average molecular weight is 345 g/mol. The fraction of sp³-hybridized carbons (Fsp3) is 0.500. The first-order chi connectivity index (χ1) is 12.2. The van der Waals surface area contributed by atoms with Gasteiger partial charge in [0.05, 0.1) is 6.54 Å². The number of ether oxygens (including phenoxy) is 1. The Hall–Kier alpha value is -2.57. The van der Waals surface area contributed by atoms with E-state index in [0.29, 0.717) is 12.3 Å². The molecule has 0 radical (unpaired) electrons. The lowest BCUT2D eigenvalue weighted by molar-refractivity contribution is -0.138. The van der Waals surface area contributed by atoms with Crippen molar-refractivity contribution < 1.29 is 18.7 Å². The van der Waals surface area contributed by atoms with Gasteiger partial charge in [-0.3, -0.25) is 9.48 Å². The van der Waals surface area contributed by atoms with Gasteiger partial charge in [-0.1, -0.05) is 6.92 Å². The molecular formula is C18H23N3O4. The molecule has 0 spiro atoms. The van der Waals surface area contributed by atoms with Gasteiger partial charge in [0, 0.05) is 25.0 Å². The van der Waals surface area contributed by atoms with Crippen molar-refractivity contribution in [3.05, 3.63) is 42.1 Å². The van der Waals surface area contributed by atoms with Crippen molar-refractivity contribution in [3.63, 3.8) is 0 Å². The van der Waals surface area contributed by atoms with Gasteiger partial charge in [0.2, 0.25) is 5.76 Å². The van der Waals surface area contributed by atoms with E-state index in [4.69, 9.17) is 9.15 Å². The predicted octanol–water partition coefficient (Wildman–Crippen LogP) is 2.47. The Labute approximate surface area is 146 Å². The topological polar surface area (TPSA) is 77.6 Å². The summed E-state index contributed by atoms with van der Waals surface area (Å²) in [7, 11) is 0. The number of furan rings is 1. The lowest BCUT2D eigenvalue weighted by Gasteiger charge is -2.35. The molecule has 2 aromatic heterocycles. The Balaban J connectivity index is 1.52. The molecule has 1 atom stereocenters. The summed E-state index contributed by atoms with van der Waals surface area (Å²) in [6.45, 7) is 3.01. The monoisotopic (exact) mass is 345 g/mol. The second-order valence-corrected chi connectivity index (χ2v) is 6.19. The molecule has 0 N–H and O–H groups in total. The van der Waals surface area contributed by atoms with Crippen LogP contribution in [0.5, 0.6) is 0 Å². The molecule has 7 heteroatoms. The van der Waals surface area contributed by atoms with Crippen LogP contribution >= 0.6 is 0 Å². The van der Waals surface area contributed by atoms with Crippen molar-refractivity contribution in [2.45, 2.75) is 45.2 Å². The molecule has 1 aliphatic heterocycles. The van der Waals surface area contributed by atoms with Crippen LogP contribution in [0.1, 0.15) is 48.9 Å². The third kappa shape index (κ3) is 4.29. The Morgan fingerprint density at radius 1 is 1.36 bits per heavy atom. The Morgan fingerprint density at radius 2 is 2.24 bits per heavy atom. The number of nitrogens with zero attached hydrogens (tertiary/aromatic N) is 3. The van der Waals surface area contributed by atoms with E-state index in [0.717, 1.165) is 32.2 Å². The molecule has 7 nitrogen and oxygen atoms in total. The first-order valence-electron chi connectivity index (χ1n) is 8.70. The summed E-state index contributed by atoms with van der Waals surface area (Å²) in [4.78, 5) is 26.3. The number of carbonyl (C=O) groups excluding carboxylic acids is 2. The molecule has 1 fully saturated rings. The van der Waals surface area contributed by atoms with Gasteiger partial charge in [-0.15, -0.1) is 0 Å². The average Bonchev–Trinajstić information content (AvgIpc) is 3.32. The maximum atomic E-state index is 12.3. The van der Waals surface area contributed by atoms with Crippen molar-refractivity contribution in [1.29, 1.82) is 0 Å². The summed E-state index contributed by atoms with van der Waals surface area (Å²) in [6.07, 6.45) is 7.58. The highest BCUT2D eigenvalue weighted by Crippen LogP contribution is 2.19. The zero-order valence-corrected chi connectivity index (χ0v) is 14.4. The first-order valence-corrected chi connectivity index (χ1v) is 8.70. The number of rotatable bonds is 6. The Morgan fingerprint density at radius 3 is 3.00 bits per heavy atom. The number of hydrogen-bond acceptors (Lipinski definition) is 5. The number of hydrogen-bond donors (Lipinski definition) is 0. The van der Waals surface area contributed by atoms with Crippen LogP contribution in [0.25, 0.3) is 0 Å². The zero-order chi connectivity index (χ0) is 17.6. The molecule has 1 amide bonds. The lowest BCUT2D eigenvalue weighted by atomic mass is 10.00. The highest BCUT2D eigenvalue weighted by Gasteiger charge is 2.26. The van der Waals surface area contributed by atoms with Crippen LogP contribution in [0, 0.1) is 0 Å². The van der Waals surface area contributed by atoms with Gasteiger partial charge >= 0.3 is 5.97 Å². The second kappa shape index (κ2) is 8.00. The predicted molar refractivity (Wildman–Crippen MR) is 90.0 cm³/mol. The third-order valence-corrected chi connectivity index (χ3v) is 4.49. The Bertz CT molecular complexity index is 708. The van der Waals surface area contributed by atoms with Crippen LogP contribution in [0.3, 0.4) is 0 Å². The van der Waals surface area contributed by atoms with Crippen LogP contribution < -0.4 is 0 Å². The molecule has 1 saturated heterocycles. The SMILES string of the molecule is CCC1CCCCN1C(=O)COC(=O)c1ccc(Cn2cccn2)o1. The number of carbonyl (C=O) groups is 2. The van der Waals surface area contributed by atoms with E-state index in [1.165, 1.54) is 0 Å². The second-order valence-electron chi connectivity index (χ2n) is 6.19. The van der Waals surface area contributed by atoms with E-state index in [-0.39, 0.29) is 24.3 Å². The van der Waals surface area contributed by atoms with Gasteiger partial charge in [-0.05, 0) is 43.9 Å². The summed E-state index contributed by atoms with van der Waals surface area (Å²) in [5.74, 6) is -0.0574. The zero-order valence-electron chi connectivity index (χ0n) is 14.4. The summed E-state index contributed by atoms with van der Waals surface area (Å²) >= 11 is 0. The maximum Gasteiger partial charge on any atom is 0.374 e. The fourth-order valence-corrected chi connectivity index (χ4v) is 3.16. The molecule has 1 unspecified atom stereocenters. The minimum atomic E-state index is -0.620. The number of amides is 1. The summed E-state index contributed by atoms with van der Waals surface area (Å²) < 4.78 is 12.3. The van der Waals surface area contributed by atoms with Crippen LogP contribution in [-0.2, 0) is 16.1 Å². The maximum absolute atomic E-state index is 12.3. The molecule has 134 valence electrons. The van der Waals surface area contributed by atoms with Gasteiger partial charge in [-0.25, -0.2) is 4.79 Å². The number of aromatic nitrogens is 2. The number of piperidine rings is 1. The van der Waals surface area contributed by atoms with Crippen LogP contribution in [0.4, 0.5) is 0 Å². The van der Waals surface area contributed by atoms with Crippen molar-refractivity contribution in [2.24, 2.45) is 0 Å². The van der Waals surface area contributed by atoms with E-state index < -0.39 is 5.97 Å². The van der Waals surface area contributed by atoms with Crippen LogP contribution in [-0.4, -0.2) is 45.8 Å². The molecule has 1 aliphatic rings. The van der Waals surface area contributed by atoms with Gasteiger partial charge in [-0.2, -0.15) is 5.10 Å². The quantitative estimate of drug-likeness (QED) is 0.752. The molecule has 3 rings (SSSR count). The number of esters is 1. The van der Waals surface area contributed by atoms with Crippen LogP contribution in [0.15, 0.2) is 35.0 Å². The van der Waals surface area contributed by atoms with Gasteiger partial charge in [0.25, 0.3) is 5.91 Å². The molecular weight excluding hydrogens is 322 g/mol. The largest absolute Gasteiger partial charge is 0.452 e. The van der Waals surface area contributed by atoms with Crippen molar-refractivity contribution >= 4 is 11.9 Å². The van der Waals surface area contributed by atoms with Crippen molar-refractivity contribution in [1.82, 2.24) is 14.7 Å². The molecule has 3 heterocycles. The van der Waals surface area contributed by atoms with Gasteiger partial charge in [0.1, 0.15) is 5.76 Å². The van der Waals surface area contributed by atoms with E-state index in [9.17, 15) is 9.59 Å². The summed E-state index contributed by atoms with van der Waals surface area (Å²) in [6, 6.07) is 5.33. The fourth-order valence-electron chi connectivity index (χ4n) is 3.16.